The zero-order valence-electron chi connectivity index (χ0n) is 15.2. The molecule has 0 saturated carbocycles. The van der Waals surface area contributed by atoms with E-state index in [0.717, 1.165) is 11.1 Å². The van der Waals surface area contributed by atoms with E-state index in [4.69, 9.17) is 9.47 Å². The van der Waals surface area contributed by atoms with E-state index in [2.05, 4.69) is 10.0 Å². The molecule has 0 saturated heterocycles. The summed E-state index contributed by atoms with van der Waals surface area (Å²) in [5, 5.41) is 2.76. The molecular formula is C19H22N2O5S. The van der Waals surface area contributed by atoms with Crippen molar-refractivity contribution in [2.24, 2.45) is 0 Å². The van der Waals surface area contributed by atoms with Gasteiger partial charge in [-0.25, -0.2) is 8.42 Å². The summed E-state index contributed by atoms with van der Waals surface area (Å²) < 4.78 is 38.0. The Labute approximate surface area is 158 Å². The van der Waals surface area contributed by atoms with Crippen LogP contribution in [0.1, 0.15) is 24.5 Å². The van der Waals surface area contributed by atoms with Crippen molar-refractivity contribution in [2.75, 3.05) is 6.79 Å². The Hall–Kier alpha value is -2.58. The van der Waals surface area contributed by atoms with E-state index in [-0.39, 0.29) is 24.1 Å². The lowest BCUT2D eigenvalue weighted by molar-refractivity contribution is -0.122. The fraction of sp³-hybridized carbons (Fsp3) is 0.316. The Balaban J connectivity index is 1.62. The zero-order chi connectivity index (χ0) is 19.4. The van der Waals surface area contributed by atoms with Gasteiger partial charge in [0.25, 0.3) is 0 Å². The SMILES string of the molecule is CCC(NS(=O)(=O)c1ccc(C)cc1)C(=O)NCc1ccc2c(c1)OCO2. The Kier molecular flexibility index (Phi) is 5.67. The lowest BCUT2D eigenvalue weighted by atomic mass is 10.2. The molecule has 1 aliphatic rings. The number of hydrogen-bond donors (Lipinski definition) is 2. The maximum absolute atomic E-state index is 12.5. The highest BCUT2D eigenvalue weighted by atomic mass is 32.2. The van der Waals surface area contributed by atoms with Gasteiger partial charge < -0.3 is 14.8 Å². The van der Waals surface area contributed by atoms with Crippen molar-refractivity contribution in [3.05, 3.63) is 53.6 Å². The summed E-state index contributed by atoms with van der Waals surface area (Å²) in [6.07, 6.45) is 0.331. The standard InChI is InChI=1S/C19H22N2O5S/c1-3-16(21-27(23,24)15-7-4-13(2)5-8-15)19(22)20-11-14-6-9-17-18(10-14)26-12-25-17/h4-10,16,21H,3,11-12H2,1-2H3,(H,20,22). The predicted octanol–water partition coefficient (Wildman–Crippen LogP) is 2.10. The molecule has 0 fully saturated rings. The maximum atomic E-state index is 12.5. The van der Waals surface area contributed by atoms with E-state index in [1.54, 1.807) is 31.2 Å². The molecule has 0 radical (unpaired) electrons. The van der Waals surface area contributed by atoms with Crippen LogP contribution in [0, 0.1) is 6.92 Å². The Bertz CT molecular complexity index is 926. The van der Waals surface area contributed by atoms with Crippen molar-refractivity contribution in [1.82, 2.24) is 10.0 Å². The molecule has 2 aromatic rings. The van der Waals surface area contributed by atoms with Gasteiger partial charge in [0.15, 0.2) is 11.5 Å². The van der Waals surface area contributed by atoms with Gasteiger partial charge in [-0.3, -0.25) is 4.79 Å². The highest BCUT2D eigenvalue weighted by Crippen LogP contribution is 2.32. The van der Waals surface area contributed by atoms with Crippen molar-refractivity contribution in [1.29, 1.82) is 0 Å². The second kappa shape index (κ2) is 7.98. The topological polar surface area (TPSA) is 93.7 Å². The molecule has 0 aliphatic carbocycles. The van der Waals surface area contributed by atoms with E-state index in [1.807, 2.05) is 13.0 Å². The van der Waals surface area contributed by atoms with Crippen LogP contribution < -0.4 is 19.5 Å². The fourth-order valence-corrected chi connectivity index (χ4v) is 3.94. The van der Waals surface area contributed by atoms with Crippen molar-refractivity contribution in [3.63, 3.8) is 0 Å². The fourth-order valence-electron chi connectivity index (χ4n) is 2.66. The van der Waals surface area contributed by atoms with Crippen LogP contribution in [0.15, 0.2) is 47.4 Å². The first-order chi connectivity index (χ1) is 12.9. The molecule has 1 heterocycles. The molecule has 1 amide bonds. The van der Waals surface area contributed by atoms with Crippen LogP contribution in [0.5, 0.6) is 11.5 Å². The minimum absolute atomic E-state index is 0.134. The number of sulfonamides is 1. The second-order valence-corrected chi connectivity index (χ2v) is 8.01. The summed E-state index contributed by atoms with van der Waals surface area (Å²) in [7, 11) is -3.77. The number of ether oxygens (including phenoxy) is 2. The van der Waals surface area contributed by atoms with Gasteiger partial charge in [0.05, 0.1) is 4.90 Å². The van der Waals surface area contributed by atoms with Gasteiger partial charge >= 0.3 is 0 Å². The van der Waals surface area contributed by atoms with Gasteiger partial charge in [0.2, 0.25) is 22.7 Å². The molecule has 0 spiro atoms. The number of carbonyl (C=O) groups is 1. The molecule has 1 atom stereocenters. The number of carbonyl (C=O) groups excluding carboxylic acids is 1. The van der Waals surface area contributed by atoms with Crippen molar-refractivity contribution >= 4 is 15.9 Å². The molecule has 2 aromatic carbocycles. The number of rotatable bonds is 7. The molecular weight excluding hydrogens is 368 g/mol. The zero-order valence-corrected chi connectivity index (χ0v) is 16.0. The highest BCUT2D eigenvalue weighted by Gasteiger charge is 2.24. The summed E-state index contributed by atoms with van der Waals surface area (Å²) in [6, 6.07) is 11.0. The van der Waals surface area contributed by atoms with Gasteiger partial charge in [-0.05, 0) is 43.2 Å². The quantitative estimate of drug-likeness (QED) is 0.755. The predicted molar refractivity (Wildman–Crippen MR) is 100.0 cm³/mol. The van der Waals surface area contributed by atoms with Crippen LogP contribution in [0.4, 0.5) is 0 Å². The van der Waals surface area contributed by atoms with Crippen molar-refractivity contribution in [3.8, 4) is 11.5 Å². The molecule has 0 aromatic heterocycles. The molecule has 144 valence electrons. The second-order valence-electron chi connectivity index (χ2n) is 6.30. The molecule has 1 unspecified atom stereocenters. The van der Waals surface area contributed by atoms with Gasteiger partial charge in [0.1, 0.15) is 6.04 Å². The van der Waals surface area contributed by atoms with Gasteiger partial charge in [0, 0.05) is 6.54 Å². The smallest absolute Gasteiger partial charge is 0.241 e. The summed E-state index contributed by atoms with van der Waals surface area (Å²) in [5.74, 6) is 0.919. The molecule has 3 rings (SSSR count). The summed E-state index contributed by atoms with van der Waals surface area (Å²) in [6.45, 7) is 4.08. The summed E-state index contributed by atoms with van der Waals surface area (Å²) in [5.41, 5.74) is 1.80. The van der Waals surface area contributed by atoms with E-state index < -0.39 is 16.1 Å². The third-order valence-corrected chi connectivity index (χ3v) is 5.74. The minimum Gasteiger partial charge on any atom is -0.454 e. The average Bonchev–Trinajstić information content (AvgIpc) is 3.12. The van der Waals surface area contributed by atoms with E-state index in [0.29, 0.717) is 17.9 Å². The minimum atomic E-state index is -3.77. The third-order valence-electron chi connectivity index (χ3n) is 4.26. The number of aryl methyl sites for hydroxylation is 1. The normalized spacial score (nSPS) is 14.0. The Morgan fingerprint density at radius 3 is 2.52 bits per heavy atom. The van der Waals surface area contributed by atoms with Crippen LogP contribution in [0.3, 0.4) is 0 Å². The number of fused-ring (bicyclic) bond motifs is 1. The molecule has 2 N–H and O–H groups in total. The first kappa shape index (κ1) is 19.2. The summed E-state index contributed by atoms with van der Waals surface area (Å²) >= 11 is 0. The van der Waals surface area contributed by atoms with Crippen molar-refractivity contribution < 1.29 is 22.7 Å². The van der Waals surface area contributed by atoms with Crippen molar-refractivity contribution in [2.45, 2.75) is 37.8 Å². The van der Waals surface area contributed by atoms with Gasteiger partial charge in [-0.2, -0.15) is 4.72 Å². The molecule has 27 heavy (non-hydrogen) atoms. The molecule has 1 aliphatic heterocycles. The van der Waals surface area contributed by atoms with E-state index in [9.17, 15) is 13.2 Å². The van der Waals surface area contributed by atoms with Gasteiger partial charge in [-0.1, -0.05) is 30.7 Å². The highest BCUT2D eigenvalue weighted by molar-refractivity contribution is 7.89. The maximum Gasteiger partial charge on any atom is 0.241 e. The van der Waals surface area contributed by atoms with E-state index in [1.165, 1.54) is 12.1 Å². The van der Waals surface area contributed by atoms with Crippen LogP contribution >= 0.6 is 0 Å². The van der Waals surface area contributed by atoms with Crippen LogP contribution in [0.2, 0.25) is 0 Å². The monoisotopic (exact) mass is 390 g/mol. The van der Waals surface area contributed by atoms with E-state index >= 15 is 0 Å². The number of amides is 1. The molecule has 7 nitrogen and oxygen atoms in total. The molecule has 0 bridgehead atoms. The van der Waals surface area contributed by atoms with Gasteiger partial charge in [-0.15, -0.1) is 0 Å². The lowest BCUT2D eigenvalue weighted by Crippen LogP contribution is -2.46. The number of nitrogens with one attached hydrogen (secondary N) is 2. The lowest BCUT2D eigenvalue weighted by Gasteiger charge is -2.17. The van der Waals surface area contributed by atoms with Crippen LogP contribution in [0.25, 0.3) is 0 Å². The van der Waals surface area contributed by atoms with Crippen LogP contribution in [-0.2, 0) is 21.4 Å². The number of benzene rings is 2. The Morgan fingerprint density at radius 2 is 1.81 bits per heavy atom. The first-order valence-corrected chi connectivity index (χ1v) is 10.1. The number of hydrogen-bond acceptors (Lipinski definition) is 5. The first-order valence-electron chi connectivity index (χ1n) is 8.64. The Morgan fingerprint density at radius 1 is 1.11 bits per heavy atom. The van der Waals surface area contributed by atoms with Crippen LogP contribution in [-0.4, -0.2) is 27.2 Å². The molecule has 8 heteroatoms. The largest absolute Gasteiger partial charge is 0.454 e. The average molecular weight is 390 g/mol. The third kappa shape index (κ3) is 4.58. The summed E-state index contributed by atoms with van der Waals surface area (Å²) in [4.78, 5) is 12.6.